The van der Waals surface area contributed by atoms with Gasteiger partial charge in [-0.05, 0) is 6.42 Å². The molecule has 4 nitrogen and oxygen atoms in total. The van der Waals surface area contributed by atoms with E-state index in [9.17, 15) is 8.78 Å². The van der Waals surface area contributed by atoms with Gasteiger partial charge in [0.15, 0.2) is 17.5 Å². The summed E-state index contributed by atoms with van der Waals surface area (Å²) in [5.41, 5.74) is 0. The molecule has 0 aliphatic heterocycles. The van der Waals surface area contributed by atoms with Gasteiger partial charge in [-0.2, -0.15) is 0 Å². The first-order valence-electron chi connectivity index (χ1n) is 5.60. The van der Waals surface area contributed by atoms with Crippen molar-refractivity contribution in [1.29, 1.82) is 0 Å². The lowest BCUT2D eigenvalue weighted by Crippen LogP contribution is -2.15. The Morgan fingerprint density at radius 1 is 1.44 bits per heavy atom. The van der Waals surface area contributed by atoms with Crippen molar-refractivity contribution in [2.45, 2.75) is 24.5 Å². The van der Waals surface area contributed by atoms with Crippen molar-refractivity contribution >= 4 is 17.6 Å². The van der Waals surface area contributed by atoms with Gasteiger partial charge in [0.25, 0.3) is 0 Å². The molecule has 1 unspecified atom stereocenters. The number of nitrogens with zero attached hydrogens (tertiary/aromatic N) is 1. The van der Waals surface area contributed by atoms with E-state index in [-0.39, 0.29) is 16.6 Å². The third-order valence-electron chi connectivity index (χ3n) is 2.06. The molecule has 0 amide bonds. The zero-order valence-electron chi connectivity index (χ0n) is 9.99. The van der Waals surface area contributed by atoms with E-state index in [1.165, 1.54) is 0 Å². The van der Waals surface area contributed by atoms with E-state index in [1.54, 1.807) is 0 Å². The first-order valence-corrected chi connectivity index (χ1v) is 6.58. The predicted molar refractivity (Wildman–Crippen MR) is 66.8 cm³/mol. The second-order valence-corrected chi connectivity index (χ2v) is 4.69. The van der Waals surface area contributed by atoms with Crippen molar-refractivity contribution in [2.75, 3.05) is 24.2 Å². The van der Waals surface area contributed by atoms with Crippen LogP contribution in [0.1, 0.15) is 13.3 Å². The Hall–Kier alpha value is -0.920. The van der Waals surface area contributed by atoms with Gasteiger partial charge in [-0.15, -0.1) is 11.8 Å². The molecule has 0 saturated carbocycles. The fourth-order valence-corrected chi connectivity index (χ4v) is 1.95. The van der Waals surface area contributed by atoms with Gasteiger partial charge in [0, 0.05) is 18.4 Å². The molecule has 0 aromatic carbocycles. The Kier molecular flexibility index (Phi) is 6.31. The molecule has 0 aliphatic carbocycles. The van der Waals surface area contributed by atoms with Crippen LogP contribution in [0.25, 0.3) is 0 Å². The molecule has 18 heavy (non-hydrogen) atoms. The second kappa shape index (κ2) is 7.50. The number of nitrogens with one attached hydrogen (secondary N) is 1. The molecule has 0 fully saturated rings. The van der Waals surface area contributed by atoms with Crippen LogP contribution >= 0.6 is 11.8 Å². The lowest BCUT2D eigenvalue weighted by atomic mass is 10.4. The first-order chi connectivity index (χ1) is 8.58. The van der Waals surface area contributed by atoms with Crippen molar-refractivity contribution in [3.05, 3.63) is 17.7 Å². The maximum absolute atomic E-state index is 13.4. The monoisotopic (exact) mass is 278 g/mol. The van der Waals surface area contributed by atoms with Crippen LogP contribution in [-0.4, -0.2) is 40.2 Å². The zero-order valence-corrected chi connectivity index (χ0v) is 10.8. The van der Waals surface area contributed by atoms with E-state index >= 15 is 0 Å². The Bertz CT molecular complexity index is 394. The minimum absolute atomic E-state index is 0.000705. The molecular formula is C11H16F2N2O2S. The van der Waals surface area contributed by atoms with Crippen molar-refractivity contribution in [2.24, 2.45) is 0 Å². The lowest BCUT2D eigenvalue weighted by Gasteiger charge is -2.10. The molecule has 0 aliphatic rings. The number of hydrogen-bond acceptors (Lipinski definition) is 5. The Morgan fingerprint density at radius 2 is 2.17 bits per heavy atom. The molecule has 0 radical (unpaired) electrons. The topological polar surface area (TPSA) is 65.4 Å². The van der Waals surface area contributed by atoms with Crippen LogP contribution in [0.4, 0.5) is 14.6 Å². The van der Waals surface area contributed by atoms with Crippen molar-refractivity contribution in [3.8, 4) is 0 Å². The number of hydrogen-bond donors (Lipinski definition) is 3. The molecule has 1 heterocycles. The fraction of sp³-hybridized carbons (Fsp3) is 0.545. The van der Waals surface area contributed by atoms with Crippen LogP contribution in [0.15, 0.2) is 11.1 Å². The van der Waals surface area contributed by atoms with Gasteiger partial charge in [-0.3, -0.25) is 0 Å². The molecule has 1 rings (SSSR count). The van der Waals surface area contributed by atoms with Crippen molar-refractivity contribution < 1.29 is 19.0 Å². The van der Waals surface area contributed by atoms with Gasteiger partial charge in [0.2, 0.25) is 0 Å². The lowest BCUT2D eigenvalue weighted by molar-refractivity contribution is 0.113. The summed E-state index contributed by atoms with van der Waals surface area (Å²) in [5, 5.41) is 20.6. The highest BCUT2D eigenvalue weighted by Gasteiger charge is 2.13. The second-order valence-electron chi connectivity index (χ2n) is 3.68. The molecule has 1 aromatic rings. The van der Waals surface area contributed by atoms with Crippen LogP contribution in [0.2, 0.25) is 0 Å². The first kappa shape index (κ1) is 15.1. The van der Waals surface area contributed by atoms with Gasteiger partial charge in [0.1, 0.15) is 5.03 Å². The Labute approximate surface area is 108 Å². The summed E-state index contributed by atoms with van der Waals surface area (Å²) in [6.45, 7) is 2.05. The molecular weight excluding hydrogens is 262 g/mol. The molecule has 0 bridgehead atoms. The molecule has 0 saturated heterocycles. The van der Waals surface area contributed by atoms with Crippen molar-refractivity contribution in [3.63, 3.8) is 0 Å². The van der Waals surface area contributed by atoms with Gasteiger partial charge in [-0.25, -0.2) is 13.8 Å². The normalized spacial score (nSPS) is 12.5. The van der Waals surface area contributed by atoms with Gasteiger partial charge < -0.3 is 15.5 Å². The van der Waals surface area contributed by atoms with Crippen molar-refractivity contribution in [1.82, 2.24) is 4.98 Å². The summed E-state index contributed by atoms with van der Waals surface area (Å²) in [4.78, 5) is 3.82. The Morgan fingerprint density at radius 3 is 2.78 bits per heavy atom. The van der Waals surface area contributed by atoms with Crippen LogP contribution in [0.3, 0.4) is 0 Å². The average Bonchev–Trinajstić information content (AvgIpc) is 2.36. The van der Waals surface area contributed by atoms with Crippen LogP contribution in [-0.2, 0) is 0 Å². The molecule has 102 valence electrons. The molecule has 1 atom stereocenters. The summed E-state index contributed by atoms with van der Waals surface area (Å²) >= 11 is 0.933. The van der Waals surface area contributed by atoms with Gasteiger partial charge >= 0.3 is 0 Å². The van der Waals surface area contributed by atoms with Crippen LogP contribution in [0.5, 0.6) is 0 Å². The molecule has 0 spiro atoms. The maximum Gasteiger partial charge on any atom is 0.168 e. The highest BCUT2D eigenvalue weighted by Crippen LogP contribution is 2.24. The highest BCUT2D eigenvalue weighted by atomic mass is 32.2. The minimum Gasteiger partial charge on any atom is -0.394 e. The minimum atomic E-state index is -0.951. The predicted octanol–water partition coefficient (Wildman–Crippen LogP) is 1.63. The number of aliphatic hydroxyl groups excluding tert-OH is 2. The van der Waals surface area contributed by atoms with Gasteiger partial charge in [-0.1, -0.05) is 6.92 Å². The maximum atomic E-state index is 13.4. The van der Waals surface area contributed by atoms with E-state index in [4.69, 9.17) is 10.2 Å². The van der Waals surface area contributed by atoms with Crippen LogP contribution in [0, 0.1) is 11.6 Å². The number of aromatic nitrogens is 1. The molecule has 3 N–H and O–H groups in total. The number of aliphatic hydroxyl groups is 2. The fourth-order valence-electron chi connectivity index (χ4n) is 1.15. The number of thioether (sulfide) groups is 1. The van der Waals surface area contributed by atoms with Gasteiger partial charge in [0.05, 0.1) is 12.7 Å². The standard InChI is InChI=1S/C11H16F2N2O2S/c1-2-3-14-10-8(12)4-9(13)11(15-10)18-6-7(17)5-16/h4,7,16-17H,2-3,5-6H2,1H3,(H,14,15). The van der Waals surface area contributed by atoms with Crippen LogP contribution < -0.4 is 5.32 Å². The van der Waals surface area contributed by atoms with E-state index in [1.807, 2.05) is 6.92 Å². The summed E-state index contributed by atoms with van der Waals surface area (Å²) < 4.78 is 26.8. The average molecular weight is 278 g/mol. The summed E-state index contributed by atoms with van der Waals surface area (Å²) in [5.74, 6) is -1.42. The van der Waals surface area contributed by atoms with E-state index < -0.39 is 24.3 Å². The smallest absolute Gasteiger partial charge is 0.168 e. The van der Waals surface area contributed by atoms with E-state index in [0.29, 0.717) is 6.54 Å². The number of anilines is 1. The highest BCUT2D eigenvalue weighted by molar-refractivity contribution is 7.99. The third kappa shape index (κ3) is 4.40. The molecule has 1 aromatic heterocycles. The quantitative estimate of drug-likeness (QED) is 0.662. The number of halogens is 2. The number of pyridine rings is 1. The SMILES string of the molecule is CCCNc1nc(SCC(O)CO)c(F)cc1F. The van der Waals surface area contributed by atoms with E-state index in [0.717, 1.165) is 24.2 Å². The molecule has 7 heteroatoms. The number of rotatable bonds is 7. The summed E-state index contributed by atoms with van der Waals surface area (Å²) in [7, 11) is 0. The Balaban J connectivity index is 2.77. The summed E-state index contributed by atoms with van der Waals surface area (Å²) in [6.07, 6.45) is -0.155. The largest absolute Gasteiger partial charge is 0.394 e. The third-order valence-corrected chi connectivity index (χ3v) is 3.17. The van der Waals surface area contributed by atoms with E-state index in [2.05, 4.69) is 10.3 Å². The summed E-state index contributed by atoms with van der Waals surface area (Å²) in [6, 6.07) is 0.763. The zero-order chi connectivity index (χ0) is 13.5.